The van der Waals surface area contributed by atoms with E-state index in [0.29, 0.717) is 35.3 Å². The summed E-state index contributed by atoms with van der Waals surface area (Å²) >= 11 is 4.56. The molecule has 0 N–H and O–H groups in total. The Kier molecular flexibility index (Phi) is 5.07. The molecule has 0 aliphatic carbocycles. The fraction of sp³-hybridized carbons (Fsp3) is 0.429. The van der Waals surface area contributed by atoms with Crippen LogP contribution in [-0.4, -0.2) is 30.1 Å². The fourth-order valence-electron chi connectivity index (χ4n) is 2.45. The first-order valence-corrected chi connectivity index (χ1v) is 10.6. The van der Waals surface area contributed by atoms with Crippen LogP contribution in [0, 0.1) is 11.7 Å². The normalized spacial score (nSPS) is 20.0. The number of rotatable bonds is 5. The van der Waals surface area contributed by atoms with Crippen molar-refractivity contribution in [1.82, 2.24) is 10.2 Å². The molecule has 1 aliphatic rings. The zero-order valence-electron chi connectivity index (χ0n) is 12.0. The van der Waals surface area contributed by atoms with Crippen LogP contribution < -0.4 is 0 Å². The van der Waals surface area contributed by atoms with Gasteiger partial charge in [-0.3, -0.25) is 0 Å². The summed E-state index contributed by atoms with van der Waals surface area (Å²) in [4.78, 5) is 0. The lowest BCUT2D eigenvalue weighted by atomic mass is 10.1. The van der Waals surface area contributed by atoms with Gasteiger partial charge in [0.2, 0.25) is 5.89 Å². The van der Waals surface area contributed by atoms with Gasteiger partial charge in [0.25, 0.3) is 5.22 Å². The molecule has 1 aromatic heterocycles. The maximum atomic E-state index is 13.7. The summed E-state index contributed by atoms with van der Waals surface area (Å²) in [5.74, 6) is 0.989. The number of halogens is 2. The van der Waals surface area contributed by atoms with E-state index in [1.54, 1.807) is 12.1 Å². The minimum atomic E-state index is -2.91. The number of benzene rings is 1. The van der Waals surface area contributed by atoms with Crippen molar-refractivity contribution in [1.29, 1.82) is 0 Å². The average molecular weight is 421 g/mol. The molecule has 1 saturated heterocycles. The maximum absolute atomic E-state index is 13.7. The molecule has 3 rings (SSSR count). The minimum absolute atomic E-state index is 0.0424. The van der Waals surface area contributed by atoms with Gasteiger partial charge < -0.3 is 4.42 Å². The molecule has 1 atom stereocenters. The Morgan fingerprint density at radius 2 is 2.22 bits per heavy atom. The number of hydrogen-bond donors (Lipinski definition) is 0. The SMILES string of the molecule is O=S1(=O)CCC(Cc2nnc(SCc3cc(Br)ccc3F)o2)C1. The number of hydrogen-bond acceptors (Lipinski definition) is 6. The largest absolute Gasteiger partial charge is 0.416 e. The van der Waals surface area contributed by atoms with Crippen LogP contribution in [0.4, 0.5) is 4.39 Å². The van der Waals surface area contributed by atoms with Gasteiger partial charge in [-0.25, -0.2) is 12.8 Å². The Bertz CT molecular complexity index is 810. The van der Waals surface area contributed by atoms with Gasteiger partial charge in [-0.2, -0.15) is 0 Å². The van der Waals surface area contributed by atoms with Crippen molar-refractivity contribution in [2.75, 3.05) is 11.5 Å². The van der Waals surface area contributed by atoms with Gasteiger partial charge in [-0.05, 0) is 36.1 Å². The van der Waals surface area contributed by atoms with Crippen LogP contribution in [0.2, 0.25) is 0 Å². The van der Waals surface area contributed by atoms with E-state index in [0.717, 1.165) is 4.47 Å². The van der Waals surface area contributed by atoms with E-state index in [1.807, 2.05) is 0 Å². The van der Waals surface area contributed by atoms with Crippen LogP contribution in [0.15, 0.2) is 32.3 Å². The number of thioether (sulfide) groups is 1. The highest BCUT2D eigenvalue weighted by molar-refractivity contribution is 9.10. The molecule has 0 saturated carbocycles. The summed E-state index contributed by atoms with van der Waals surface area (Å²) in [5.41, 5.74) is 0.547. The summed E-state index contributed by atoms with van der Waals surface area (Å²) in [5, 5.41) is 8.23. The van der Waals surface area contributed by atoms with E-state index in [4.69, 9.17) is 4.42 Å². The standard InChI is InChI=1S/C14H14BrFN2O3S2/c15-11-1-2-12(16)10(6-11)7-22-14-18-17-13(21-14)5-9-3-4-23(19,20)8-9/h1-2,6,9H,3-5,7-8H2. The first kappa shape index (κ1) is 16.9. The van der Waals surface area contributed by atoms with Crippen LogP contribution in [0.3, 0.4) is 0 Å². The molecule has 0 bridgehead atoms. The lowest BCUT2D eigenvalue weighted by Crippen LogP contribution is -2.07. The average Bonchev–Trinajstić information content (AvgIpc) is 3.06. The lowest BCUT2D eigenvalue weighted by Gasteiger charge is -2.02. The molecule has 1 aliphatic heterocycles. The summed E-state index contributed by atoms with van der Waals surface area (Å²) in [6.07, 6.45) is 1.11. The first-order valence-electron chi connectivity index (χ1n) is 7.01. The summed E-state index contributed by atoms with van der Waals surface area (Å²) < 4.78 is 42.9. The zero-order chi connectivity index (χ0) is 16.4. The highest BCUT2D eigenvalue weighted by Gasteiger charge is 2.29. The number of sulfone groups is 1. The summed E-state index contributed by atoms with van der Waals surface area (Å²) in [6, 6.07) is 4.76. The van der Waals surface area contributed by atoms with E-state index in [-0.39, 0.29) is 23.2 Å². The molecule has 1 aromatic carbocycles. The third-order valence-electron chi connectivity index (χ3n) is 3.60. The second kappa shape index (κ2) is 6.90. The van der Waals surface area contributed by atoms with Crippen molar-refractivity contribution in [2.24, 2.45) is 5.92 Å². The van der Waals surface area contributed by atoms with Crippen molar-refractivity contribution in [2.45, 2.75) is 23.8 Å². The molecule has 0 spiro atoms. The van der Waals surface area contributed by atoms with Crippen LogP contribution in [-0.2, 0) is 22.0 Å². The van der Waals surface area contributed by atoms with Crippen molar-refractivity contribution >= 4 is 37.5 Å². The van der Waals surface area contributed by atoms with E-state index < -0.39 is 9.84 Å². The highest BCUT2D eigenvalue weighted by atomic mass is 79.9. The molecule has 1 unspecified atom stereocenters. The van der Waals surface area contributed by atoms with E-state index >= 15 is 0 Å². The second-order valence-electron chi connectivity index (χ2n) is 5.46. The van der Waals surface area contributed by atoms with E-state index in [9.17, 15) is 12.8 Å². The van der Waals surface area contributed by atoms with Gasteiger partial charge in [0.1, 0.15) is 5.82 Å². The van der Waals surface area contributed by atoms with E-state index in [1.165, 1.54) is 17.8 Å². The molecule has 0 amide bonds. The Morgan fingerprint density at radius 3 is 2.96 bits per heavy atom. The van der Waals surface area contributed by atoms with Crippen molar-refractivity contribution in [3.05, 3.63) is 39.9 Å². The predicted molar refractivity (Wildman–Crippen MR) is 88.4 cm³/mol. The third-order valence-corrected chi connectivity index (χ3v) is 6.79. The Morgan fingerprint density at radius 1 is 1.39 bits per heavy atom. The fourth-order valence-corrected chi connectivity index (χ4v) is 5.48. The van der Waals surface area contributed by atoms with Crippen LogP contribution >= 0.6 is 27.7 Å². The van der Waals surface area contributed by atoms with Gasteiger partial charge in [0, 0.05) is 16.6 Å². The van der Waals surface area contributed by atoms with Crippen molar-refractivity contribution < 1.29 is 17.2 Å². The van der Waals surface area contributed by atoms with Crippen molar-refractivity contribution in [3.8, 4) is 0 Å². The van der Waals surface area contributed by atoms with Crippen molar-refractivity contribution in [3.63, 3.8) is 0 Å². The molecule has 124 valence electrons. The summed E-state index contributed by atoms with van der Waals surface area (Å²) in [6.45, 7) is 0. The third kappa shape index (κ3) is 4.54. The second-order valence-corrected chi connectivity index (χ2v) is 9.53. The molecule has 2 heterocycles. The molecule has 9 heteroatoms. The Hall–Kier alpha value is -0.930. The Labute approximate surface area is 146 Å². The first-order chi connectivity index (χ1) is 10.9. The monoisotopic (exact) mass is 420 g/mol. The number of nitrogens with zero attached hydrogens (tertiary/aromatic N) is 2. The lowest BCUT2D eigenvalue weighted by molar-refractivity contribution is 0.389. The minimum Gasteiger partial charge on any atom is -0.416 e. The van der Waals surface area contributed by atoms with E-state index in [2.05, 4.69) is 26.1 Å². The van der Waals surface area contributed by atoms with Gasteiger partial charge in [0.15, 0.2) is 9.84 Å². The molecule has 5 nitrogen and oxygen atoms in total. The van der Waals surface area contributed by atoms with Gasteiger partial charge >= 0.3 is 0 Å². The Balaban J connectivity index is 1.58. The molecule has 2 aromatic rings. The number of aromatic nitrogens is 2. The molecule has 23 heavy (non-hydrogen) atoms. The maximum Gasteiger partial charge on any atom is 0.276 e. The van der Waals surface area contributed by atoms with Gasteiger partial charge in [-0.1, -0.05) is 27.7 Å². The molecule has 1 fully saturated rings. The van der Waals surface area contributed by atoms with Crippen LogP contribution in [0.1, 0.15) is 17.9 Å². The zero-order valence-corrected chi connectivity index (χ0v) is 15.3. The summed E-state index contributed by atoms with van der Waals surface area (Å²) in [7, 11) is -2.91. The molecular formula is C14H14BrFN2O3S2. The predicted octanol–water partition coefficient (Wildman–Crippen LogP) is 3.24. The van der Waals surface area contributed by atoms with Gasteiger partial charge in [0.05, 0.1) is 11.5 Å². The van der Waals surface area contributed by atoms with Crippen LogP contribution in [0.25, 0.3) is 0 Å². The molecular weight excluding hydrogens is 407 g/mol. The topological polar surface area (TPSA) is 73.1 Å². The quantitative estimate of drug-likeness (QED) is 0.691. The molecule has 0 radical (unpaired) electrons. The highest BCUT2D eigenvalue weighted by Crippen LogP contribution is 2.27. The van der Waals surface area contributed by atoms with Gasteiger partial charge in [-0.15, -0.1) is 10.2 Å². The van der Waals surface area contributed by atoms with Crippen LogP contribution in [0.5, 0.6) is 0 Å². The smallest absolute Gasteiger partial charge is 0.276 e.